The molecule has 7 heteroatoms. The predicted octanol–water partition coefficient (Wildman–Crippen LogP) is 2.72. The second-order valence-electron chi connectivity index (χ2n) is 5.29. The summed E-state index contributed by atoms with van der Waals surface area (Å²) >= 11 is 2.28. The van der Waals surface area contributed by atoms with Crippen LogP contribution in [0.2, 0.25) is 0 Å². The van der Waals surface area contributed by atoms with E-state index in [1.807, 2.05) is 30.3 Å². The van der Waals surface area contributed by atoms with E-state index in [2.05, 4.69) is 22.6 Å². The Bertz CT molecular complexity index is 393. The highest BCUT2D eigenvalue weighted by atomic mass is 127. The van der Waals surface area contributed by atoms with Gasteiger partial charge in [-0.15, -0.1) is 0 Å². The molecule has 0 spiro atoms. The Kier molecular flexibility index (Phi) is 17.8. The molecule has 0 amide bonds. The van der Waals surface area contributed by atoms with Crippen molar-refractivity contribution in [3.63, 3.8) is 0 Å². The molecule has 6 nitrogen and oxygen atoms in total. The largest absolute Gasteiger partial charge is 0.378 e. The van der Waals surface area contributed by atoms with E-state index in [1.54, 1.807) is 0 Å². The number of halogens is 1. The van der Waals surface area contributed by atoms with E-state index in [0.29, 0.717) is 72.7 Å². The fraction of sp³-hybridized carbons (Fsp3) is 0.684. The Labute approximate surface area is 170 Å². The summed E-state index contributed by atoms with van der Waals surface area (Å²) in [5.41, 5.74) is 1.17. The third kappa shape index (κ3) is 15.9. The molecule has 150 valence electrons. The summed E-state index contributed by atoms with van der Waals surface area (Å²) in [7, 11) is 0. The van der Waals surface area contributed by atoms with Crippen LogP contribution >= 0.6 is 22.6 Å². The standard InChI is InChI=1S/C19H31IO6/c20-6-7-21-8-9-22-10-11-23-12-13-24-14-15-25-16-17-26-18-19-4-2-1-3-5-19/h1-5H,6-18H2. The number of rotatable bonds is 19. The van der Waals surface area contributed by atoms with Gasteiger partial charge in [0.25, 0.3) is 0 Å². The lowest BCUT2D eigenvalue weighted by Crippen LogP contribution is -2.14. The van der Waals surface area contributed by atoms with Gasteiger partial charge in [0, 0.05) is 4.43 Å². The molecule has 0 aromatic heterocycles. The molecule has 0 radical (unpaired) electrons. The molecule has 0 heterocycles. The first-order chi connectivity index (χ1) is 12.9. The van der Waals surface area contributed by atoms with E-state index in [9.17, 15) is 0 Å². The molecule has 0 aliphatic heterocycles. The van der Waals surface area contributed by atoms with Crippen molar-refractivity contribution in [3.05, 3.63) is 35.9 Å². The molecule has 0 unspecified atom stereocenters. The first-order valence-electron chi connectivity index (χ1n) is 9.00. The number of hydrogen-bond acceptors (Lipinski definition) is 6. The fourth-order valence-corrected chi connectivity index (χ4v) is 2.23. The van der Waals surface area contributed by atoms with Gasteiger partial charge in [0.2, 0.25) is 0 Å². The zero-order valence-corrected chi connectivity index (χ0v) is 17.6. The molecule has 0 atom stereocenters. The van der Waals surface area contributed by atoms with E-state index < -0.39 is 0 Å². The molecule has 0 aliphatic carbocycles. The van der Waals surface area contributed by atoms with Gasteiger partial charge in [-0.1, -0.05) is 52.9 Å². The molecule has 1 rings (SSSR count). The summed E-state index contributed by atoms with van der Waals surface area (Å²) < 4.78 is 33.5. The molecule has 26 heavy (non-hydrogen) atoms. The van der Waals surface area contributed by atoms with Gasteiger partial charge in [0.1, 0.15) is 0 Å². The van der Waals surface area contributed by atoms with Crippen LogP contribution in [-0.2, 0) is 35.0 Å². The molecule has 0 saturated carbocycles. The van der Waals surface area contributed by atoms with Crippen molar-refractivity contribution in [3.8, 4) is 0 Å². The van der Waals surface area contributed by atoms with E-state index in [0.717, 1.165) is 11.0 Å². The van der Waals surface area contributed by atoms with Crippen molar-refractivity contribution >= 4 is 22.6 Å². The average Bonchev–Trinajstić information content (AvgIpc) is 2.68. The number of alkyl halides is 1. The van der Waals surface area contributed by atoms with Gasteiger partial charge >= 0.3 is 0 Å². The predicted molar refractivity (Wildman–Crippen MR) is 109 cm³/mol. The Balaban J connectivity index is 1.68. The second-order valence-corrected chi connectivity index (χ2v) is 6.37. The topological polar surface area (TPSA) is 55.4 Å². The van der Waals surface area contributed by atoms with Crippen LogP contribution in [0.1, 0.15) is 5.56 Å². The molecular formula is C19H31IO6. The third-order valence-electron chi connectivity index (χ3n) is 3.19. The van der Waals surface area contributed by atoms with Crippen LogP contribution in [0.4, 0.5) is 0 Å². The van der Waals surface area contributed by atoms with Crippen molar-refractivity contribution < 1.29 is 28.4 Å². The van der Waals surface area contributed by atoms with E-state index >= 15 is 0 Å². The summed E-state index contributed by atoms with van der Waals surface area (Å²) in [4.78, 5) is 0. The highest BCUT2D eigenvalue weighted by molar-refractivity contribution is 14.1. The van der Waals surface area contributed by atoms with Crippen LogP contribution in [0.15, 0.2) is 30.3 Å². The lowest BCUT2D eigenvalue weighted by atomic mass is 10.2. The van der Waals surface area contributed by atoms with Crippen molar-refractivity contribution in [2.24, 2.45) is 0 Å². The van der Waals surface area contributed by atoms with Gasteiger partial charge in [-0.05, 0) is 5.56 Å². The zero-order valence-electron chi connectivity index (χ0n) is 15.4. The first kappa shape index (κ1) is 23.7. The van der Waals surface area contributed by atoms with E-state index in [4.69, 9.17) is 28.4 Å². The summed E-state index contributed by atoms with van der Waals surface area (Å²) in [5, 5.41) is 0. The highest BCUT2D eigenvalue weighted by Crippen LogP contribution is 1.99. The molecular weight excluding hydrogens is 451 g/mol. The van der Waals surface area contributed by atoms with Gasteiger partial charge in [-0.2, -0.15) is 0 Å². The van der Waals surface area contributed by atoms with E-state index in [-0.39, 0.29) is 0 Å². The third-order valence-corrected chi connectivity index (χ3v) is 3.63. The Morgan fingerprint density at radius 2 is 0.885 bits per heavy atom. The van der Waals surface area contributed by atoms with Crippen LogP contribution < -0.4 is 0 Å². The minimum Gasteiger partial charge on any atom is -0.378 e. The Morgan fingerprint density at radius 3 is 1.31 bits per heavy atom. The summed E-state index contributed by atoms with van der Waals surface area (Å²) in [5.74, 6) is 0. The lowest BCUT2D eigenvalue weighted by Gasteiger charge is -2.08. The second kappa shape index (κ2) is 19.5. The van der Waals surface area contributed by atoms with E-state index in [1.165, 1.54) is 5.56 Å². The molecule has 0 aliphatic rings. The van der Waals surface area contributed by atoms with Crippen LogP contribution in [0, 0.1) is 0 Å². The molecule has 0 N–H and O–H groups in total. The van der Waals surface area contributed by atoms with Crippen LogP contribution in [0.3, 0.4) is 0 Å². The van der Waals surface area contributed by atoms with Crippen molar-refractivity contribution in [1.82, 2.24) is 0 Å². The van der Waals surface area contributed by atoms with Gasteiger partial charge in [0.15, 0.2) is 0 Å². The maximum Gasteiger partial charge on any atom is 0.0718 e. The summed E-state index contributed by atoms with van der Waals surface area (Å²) in [6, 6.07) is 10.1. The van der Waals surface area contributed by atoms with Crippen LogP contribution in [0.25, 0.3) is 0 Å². The van der Waals surface area contributed by atoms with Gasteiger partial charge in [-0.25, -0.2) is 0 Å². The number of ether oxygens (including phenoxy) is 6. The monoisotopic (exact) mass is 482 g/mol. The Morgan fingerprint density at radius 1 is 0.500 bits per heavy atom. The molecule has 0 saturated heterocycles. The van der Waals surface area contributed by atoms with Gasteiger partial charge in [0.05, 0.1) is 79.3 Å². The summed E-state index contributed by atoms with van der Waals surface area (Å²) in [6.07, 6.45) is 0. The van der Waals surface area contributed by atoms with Crippen molar-refractivity contribution in [2.45, 2.75) is 6.61 Å². The quantitative estimate of drug-likeness (QED) is 0.172. The smallest absolute Gasteiger partial charge is 0.0718 e. The average molecular weight is 482 g/mol. The number of benzene rings is 1. The fourth-order valence-electron chi connectivity index (χ4n) is 1.92. The van der Waals surface area contributed by atoms with Crippen molar-refractivity contribution in [1.29, 1.82) is 0 Å². The minimum absolute atomic E-state index is 0.562. The molecule has 0 bridgehead atoms. The van der Waals surface area contributed by atoms with Crippen molar-refractivity contribution in [2.75, 3.05) is 77.1 Å². The lowest BCUT2D eigenvalue weighted by molar-refractivity contribution is -0.0170. The maximum atomic E-state index is 5.53. The molecule has 1 aromatic rings. The molecule has 0 fully saturated rings. The van der Waals surface area contributed by atoms with Crippen LogP contribution in [-0.4, -0.2) is 77.1 Å². The van der Waals surface area contributed by atoms with Gasteiger partial charge in [-0.3, -0.25) is 0 Å². The Hall–Kier alpha value is -0.290. The maximum absolute atomic E-state index is 5.53. The first-order valence-corrected chi connectivity index (χ1v) is 10.5. The van der Waals surface area contributed by atoms with Crippen LogP contribution in [0.5, 0.6) is 0 Å². The minimum atomic E-state index is 0.562. The number of hydrogen-bond donors (Lipinski definition) is 0. The zero-order chi connectivity index (χ0) is 18.5. The molecule has 1 aromatic carbocycles. The normalized spacial score (nSPS) is 11.1. The summed E-state index contributed by atoms with van der Waals surface area (Å²) in [6.45, 7) is 7.22. The highest BCUT2D eigenvalue weighted by Gasteiger charge is 1.94. The SMILES string of the molecule is ICCOCCOCCOCCOCCOCCOCc1ccccc1. The van der Waals surface area contributed by atoms with Gasteiger partial charge < -0.3 is 28.4 Å².